The van der Waals surface area contributed by atoms with Crippen molar-refractivity contribution in [1.82, 2.24) is 15.1 Å². The zero-order valence-corrected chi connectivity index (χ0v) is 10.2. The number of aromatic nitrogens is 2. The predicted octanol–water partition coefficient (Wildman–Crippen LogP) is 1.83. The number of nitrogens with one attached hydrogen (secondary N) is 1. The van der Waals surface area contributed by atoms with Gasteiger partial charge in [-0.25, -0.2) is 0 Å². The standard InChI is InChI=1S/C12H21N3/c1-5-12(3)8-13-7-10(12)11-6-9(2)15(4)14-11/h6,10,13H,5,7-8H2,1-4H3/t10-,12+/m1/s1. The van der Waals surface area contributed by atoms with Crippen LogP contribution >= 0.6 is 0 Å². The van der Waals surface area contributed by atoms with Crippen molar-refractivity contribution in [1.29, 1.82) is 0 Å². The molecular formula is C12H21N3. The Balaban J connectivity index is 2.30. The third kappa shape index (κ3) is 1.69. The smallest absolute Gasteiger partial charge is 0.0676 e. The van der Waals surface area contributed by atoms with E-state index in [9.17, 15) is 0 Å². The summed E-state index contributed by atoms with van der Waals surface area (Å²) in [6, 6.07) is 2.23. The zero-order chi connectivity index (χ0) is 11.1. The highest BCUT2D eigenvalue weighted by Crippen LogP contribution is 2.40. The first-order chi connectivity index (χ1) is 7.07. The average Bonchev–Trinajstić information content (AvgIpc) is 2.73. The molecular weight excluding hydrogens is 186 g/mol. The quantitative estimate of drug-likeness (QED) is 0.802. The molecule has 0 amide bonds. The van der Waals surface area contributed by atoms with Gasteiger partial charge in [0.25, 0.3) is 0 Å². The minimum Gasteiger partial charge on any atom is -0.315 e. The Morgan fingerprint density at radius 1 is 1.67 bits per heavy atom. The molecule has 1 aromatic heterocycles. The van der Waals surface area contributed by atoms with E-state index in [0.29, 0.717) is 11.3 Å². The SMILES string of the molecule is CC[C@@]1(C)CNC[C@@H]1c1cc(C)n(C)n1. The molecule has 3 nitrogen and oxygen atoms in total. The van der Waals surface area contributed by atoms with Crippen molar-refractivity contribution in [3.8, 4) is 0 Å². The van der Waals surface area contributed by atoms with Gasteiger partial charge >= 0.3 is 0 Å². The van der Waals surface area contributed by atoms with Crippen LogP contribution in [0.4, 0.5) is 0 Å². The Kier molecular flexibility index (Phi) is 2.59. The van der Waals surface area contributed by atoms with Crippen LogP contribution in [0.1, 0.15) is 37.6 Å². The molecule has 1 aromatic rings. The maximum Gasteiger partial charge on any atom is 0.0676 e. The molecule has 1 fully saturated rings. The van der Waals surface area contributed by atoms with Crippen molar-refractivity contribution in [2.24, 2.45) is 12.5 Å². The van der Waals surface area contributed by atoms with E-state index in [1.807, 2.05) is 11.7 Å². The van der Waals surface area contributed by atoms with E-state index in [4.69, 9.17) is 0 Å². The monoisotopic (exact) mass is 207 g/mol. The Morgan fingerprint density at radius 2 is 2.40 bits per heavy atom. The maximum absolute atomic E-state index is 4.61. The van der Waals surface area contributed by atoms with Gasteiger partial charge in [-0.3, -0.25) is 4.68 Å². The molecule has 0 bridgehead atoms. The van der Waals surface area contributed by atoms with Crippen molar-refractivity contribution in [2.75, 3.05) is 13.1 Å². The lowest BCUT2D eigenvalue weighted by Crippen LogP contribution is -2.24. The van der Waals surface area contributed by atoms with E-state index in [0.717, 1.165) is 13.1 Å². The van der Waals surface area contributed by atoms with Gasteiger partial charge in [0.05, 0.1) is 5.69 Å². The first-order valence-electron chi connectivity index (χ1n) is 5.78. The summed E-state index contributed by atoms with van der Waals surface area (Å²) in [7, 11) is 2.02. The Hall–Kier alpha value is -0.830. The van der Waals surface area contributed by atoms with Crippen LogP contribution in [0.25, 0.3) is 0 Å². The lowest BCUT2D eigenvalue weighted by atomic mass is 9.76. The second-order valence-corrected chi connectivity index (χ2v) is 5.03. The molecule has 2 atom stereocenters. The van der Waals surface area contributed by atoms with Gasteiger partial charge in [-0.15, -0.1) is 0 Å². The van der Waals surface area contributed by atoms with E-state index in [1.54, 1.807) is 0 Å². The molecule has 0 spiro atoms. The largest absolute Gasteiger partial charge is 0.315 e. The number of hydrogen-bond acceptors (Lipinski definition) is 2. The third-order valence-corrected chi connectivity index (χ3v) is 4.02. The Labute approximate surface area is 91.9 Å². The molecule has 0 unspecified atom stereocenters. The van der Waals surface area contributed by atoms with Crippen LogP contribution in [-0.2, 0) is 7.05 Å². The summed E-state index contributed by atoms with van der Waals surface area (Å²) in [5, 5.41) is 8.10. The van der Waals surface area contributed by atoms with Gasteiger partial charge in [-0.2, -0.15) is 5.10 Å². The van der Waals surface area contributed by atoms with Crippen LogP contribution in [0.15, 0.2) is 6.07 Å². The summed E-state index contributed by atoms with van der Waals surface area (Å²) in [6.07, 6.45) is 1.21. The topological polar surface area (TPSA) is 29.9 Å². The van der Waals surface area contributed by atoms with Crippen molar-refractivity contribution in [3.63, 3.8) is 0 Å². The van der Waals surface area contributed by atoms with Gasteiger partial charge in [0, 0.05) is 31.7 Å². The molecule has 1 aliphatic heterocycles. The minimum absolute atomic E-state index is 0.376. The molecule has 0 radical (unpaired) electrons. The van der Waals surface area contributed by atoms with E-state index in [1.165, 1.54) is 17.8 Å². The molecule has 1 saturated heterocycles. The van der Waals surface area contributed by atoms with Crippen molar-refractivity contribution >= 4 is 0 Å². The van der Waals surface area contributed by atoms with Gasteiger partial charge in [-0.05, 0) is 24.8 Å². The molecule has 0 aromatic carbocycles. The molecule has 2 heterocycles. The molecule has 1 aliphatic rings. The number of rotatable bonds is 2. The van der Waals surface area contributed by atoms with E-state index < -0.39 is 0 Å². The fourth-order valence-corrected chi connectivity index (χ4v) is 2.46. The predicted molar refractivity (Wildman–Crippen MR) is 62.0 cm³/mol. The summed E-state index contributed by atoms with van der Waals surface area (Å²) in [4.78, 5) is 0. The average molecular weight is 207 g/mol. The zero-order valence-electron chi connectivity index (χ0n) is 10.2. The Bertz CT molecular complexity index is 336. The Morgan fingerprint density at radius 3 is 2.93 bits per heavy atom. The summed E-state index contributed by atoms with van der Waals surface area (Å²) in [5.41, 5.74) is 2.88. The first-order valence-corrected chi connectivity index (χ1v) is 5.78. The van der Waals surface area contributed by atoms with Crippen LogP contribution in [0.5, 0.6) is 0 Å². The van der Waals surface area contributed by atoms with Gasteiger partial charge in [0.1, 0.15) is 0 Å². The van der Waals surface area contributed by atoms with Gasteiger partial charge in [0.2, 0.25) is 0 Å². The highest BCUT2D eigenvalue weighted by atomic mass is 15.3. The normalized spacial score (nSPS) is 31.1. The molecule has 15 heavy (non-hydrogen) atoms. The van der Waals surface area contributed by atoms with Crippen LogP contribution in [0.2, 0.25) is 0 Å². The van der Waals surface area contributed by atoms with E-state index in [-0.39, 0.29) is 0 Å². The lowest BCUT2D eigenvalue weighted by molar-refractivity contribution is 0.303. The summed E-state index contributed by atoms with van der Waals surface area (Å²) < 4.78 is 1.98. The molecule has 2 rings (SSSR count). The van der Waals surface area contributed by atoms with Crippen LogP contribution < -0.4 is 5.32 Å². The molecule has 0 aliphatic carbocycles. The van der Waals surface area contributed by atoms with Crippen molar-refractivity contribution in [2.45, 2.75) is 33.1 Å². The van der Waals surface area contributed by atoms with Gasteiger partial charge in [0.15, 0.2) is 0 Å². The minimum atomic E-state index is 0.376. The van der Waals surface area contributed by atoms with Crippen molar-refractivity contribution in [3.05, 3.63) is 17.5 Å². The summed E-state index contributed by atoms with van der Waals surface area (Å²) in [5.74, 6) is 0.572. The number of aryl methyl sites for hydroxylation is 2. The van der Waals surface area contributed by atoms with E-state index in [2.05, 4.69) is 37.3 Å². The van der Waals surface area contributed by atoms with E-state index >= 15 is 0 Å². The second-order valence-electron chi connectivity index (χ2n) is 5.03. The van der Waals surface area contributed by atoms with Gasteiger partial charge in [-0.1, -0.05) is 13.8 Å². The molecule has 3 heteroatoms. The van der Waals surface area contributed by atoms with Crippen LogP contribution in [0, 0.1) is 12.3 Å². The number of nitrogens with zero attached hydrogens (tertiary/aromatic N) is 2. The molecule has 1 N–H and O–H groups in total. The van der Waals surface area contributed by atoms with Crippen LogP contribution in [0.3, 0.4) is 0 Å². The fourth-order valence-electron chi connectivity index (χ4n) is 2.46. The first kappa shape index (κ1) is 10.7. The molecule has 0 saturated carbocycles. The highest BCUT2D eigenvalue weighted by Gasteiger charge is 2.39. The lowest BCUT2D eigenvalue weighted by Gasteiger charge is -2.27. The second kappa shape index (κ2) is 3.63. The molecule has 84 valence electrons. The highest BCUT2D eigenvalue weighted by molar-refractivity contribution is 5.19. The maximum atomic E-state index is 4.61. The van der Waals surface area contributed by atoms with Gasteiger partial charge < -0.3 is 5.32 Å². The fraction of sp³-hybridized carbons (Fsp3) is 0.750. The summed E-state index contributed by atoms with van der Waals surface area (Å²) >= 11 is 0. The van der Waals surface area contributed by atoms with Crippen molar-refractivity contribution < 1.29 is 0 Å². The van der Waals surface area contributed by atoms with Crippen LogP contribution in [-0.4, -0.2) is 22.9 Å². The summed E-state index contributed by atoms with van der Waals surface area (Å²) in [6.45, 7) is 8.93. The third-order valence-electron chi connectivity index (χ3n) is 4.02. The number of hydrogen-bond donors (Lipinski definition) is 1.